The van der Waals surface area contributed by atoms with Crippen LogP contribution in [0.1, 0.15) is 55.5 Å². The van der Waals surface area contributed by atoms with E-state index < -0.39 is 0 Å². The summed E-state index contributed by atoms with van der Waals surface area (Å²) in [5, 5.41) is 12.3. The monoisotopic (exact) mass is 522 g/mol. The van der Waals surface area contributed by atoms with Gasteiger partial charge in [0, 0.05) is 50.0 Å². The topological polar surface area (TPSA) is 73.7 Å². The highest BCUT2D eigenvalue weighted by Gasteiger charge is 2.27. The van der Waals surface area contributed by atoms with Crippen LogP contribution in [0.25, 0.3) is 10.9 Å². The molecule has 8 nitrogen and oxygen atoms in total. The first kappa shape index (κ1) is 27.6. The van der Waals surface area contributed by atoms with E-state index in [2.05, 4.69) is 32.2 Å². The number of aryl methyl sites for hydroxylation is 3. The summed E-state index contributed by atoms with van der Waals surface area (Å²) in [5.41, 5.74) is 5.63. The molecule has 1 aliphatic rings. The van der Waals surface area contributed by atoms with E-state index in [0.717, 1.165) is 64.8 Å². The Bertz CT molecular complexity index is 1320. The summed E-state index contributed by atoms with van der Waals surface area (Å²) < 4.78 is 15.7. The van der Waals surface area contributed by atoms with E-state index in [0.29, 0.717) is 19.6 Å². The standard InChI is InChI=1S/C29H39FN6O2/c1-6-8-9-12-31-28(37)18-34(27-15-26-25(13-20(27)3)21(4)36(7-2)32-26)19-29(38)33(5)35-16-22-10-11-24(30)14-23(22)17-35/h10-11,13-15H,6-9,12,16-19H2,1-5H3,(H,31,37). The number of hydrazine groups is 1. The smallest absolute Gasteiger partial charge is 0.256 e. The Hall–Kier alpha value is -3.46. The van der Waals surface area contributed by atoms with Gasteiger partial charge >= 0.3 is 0 Å². The van der Waals surface area contributed by atoms with Gasteiger partial charge in [-0.2, -0.15) is 5.10 Å². The maximum Gasteiger partial charge on any atom is 0.256 e. The van der Waals surface area contributed by atoms with Crippen molar-refractivity contribution in [3.63, 3.8) is 0 Å². The van der Waals surface area contributed by atoms with Crippen LogP contribution in [0, 0.1) is 19.7 Å². The maximum atomic E-state index is 13.7. The fourth-order valence-corrected chi connectivity index (χ4v) is 5.09. The fourth-order valence-electron chi connectivity index (χ4n) is 5.09. The number of benzene rings is 2. The molecule has 0 bridgehead atoms. The zero-order valence-corrected chi connectivity index (χ0v) is 23.2. The molecule has 2 amide bonds. The molecule has 1 aliphatic heterocycles. The van der Waals surface area contributed by atoms with E-state index in [1.165, 1.54) is 12.1 Å². The van der Waals surface area contributed by atoms with Gasteiger partial charge in [-0.1, -0.05) is 25.8 Å². The van der Waals surface area contributed by atoms with Crippen molar-refractivity contribution in [2.45, 2.75) is 66.6 Å². The van der Waals surface area contributed by atoms with Gasteiger partial charge in [0.15, 0.2) is 0 Å². The molecular formula is C29H39FN6O2. The molecular weight excluding hydrogens is 483 g/mol. The van der Waals surface area contributed by atoms with Gasteiger partial charge in [-0.05, 0) is 68.1 Å². The van der Waals surface area contributed by atoms with Crippen LogP contribution in [0.5, 0.6) is 0 Å². The number of hydrogen-bond acceptors (Lipinski definition) is 5. The van der Waals surface area contributed by atoms with E-state index >= 15 is 0 Å². The normalized spacial score (nSPS) is 13.1. The molecule has 2 heterocycles. The van der Waals surface area contributed by atoms with Gasteiger partial charge in [0.2, 0.25) is 5.91 Å². The Morgan fingerprint density at radius 1 is 1.05 bits per heavy atom. The molecule has 204 valence electrons. The van der Waals surface area contributed by atoms with Gasteiger partial charge in [0.25, 0.3) is 5.91 Å². The van der Waals surface area contributed by atoms with Crippen molar-refractivity contribution >= 4 is 28.4 Å². The first-order valence-corrected chi connectivity index (χ1v) is 13.5. The van der Waals surface area contributed by atoms with Crippen LogP contribution in [-0.4, -0.2) is 58.3 Å². The van der Waals surface area contributed by atoms with Crippen molar-refractivity contribution in [1.29, 1.82) is 0 Å². The number of rotatable bonds is 11. The Morgan fingerprint density at radius 3 is 2.55 bits per heavy atom. The molecule has 9 heteroatoms. The van der Waals surface area contributed by atoms with Crippen LogP contribution in [-0.2, 0) is 29.2 Å². The van der Waals surface area contributed by atoms with E-state index in [9.17, 15) is 14.0 Å². The number of aromatic nitrogens is 2. The number of fused-ring (bicyclic) bond motifs is 2. The number of likely N-dealkylation sites (N-methyl/N-ethyl adjacent to an activating group) is 1. The highest BCUT2D eigenvalue weighted by molar-refractivity contribution is 5.91. The quantitative estimate of drug-likeness (QED) is 0.380. The van der Waals surface area contributed by atoms with Gasteiger partial charge < -0.3 is 10.2 Å². The SMILES string of the molecule is CCCCCNC(=O)CN(CC(=O)N(C)N1Cc2ccc(F)cc2C1)c1cc2nn(CC)c(C)c2cc1C. The van der Waals surface area contributed by atoms with Crippen LogP contribution < -0.4 is 10.2 Å². The molecule has 0 spiro atoms. The summed E-state index contributed by atoms with van der Waals surface area (Å²) in [6.07, 6.45) is 3.07. The Morgan fingerprint density at radius 2 is 1.82 bits per heavy atom. The Balaban J connectivity index is 1.55. The first-order valence-electron chi connectivity index (χ1n) is 13.5. The summed E-state index contributed by atoms with van der Waals surface area (Å²) in [4.78, 5) is 28.3. The number of anilines is 1. The van der Waals surface area contributed by atoms with Gasteiger partial charge in [0.05, 0.1) is 18.6 Å². The van der Waals surface area contributed by atoms with Gasteiger partial charge in [-0.25, -0.2) is 9.40 Å². The molecule has 4 rings (SSSR count). The number of hydrogen-bond donors (Lipinski definition) is 1. The van der Waals surface area contributed by atoms with E-state index in [4.69, 9.17) is 5.10 Å². The van der Waals surface area contributed by atoms with Crippen LogP contribution in [0.3, 0.4) is 0 Å². The number of carbonyl (C=O) groups is 2. The molecule has 1 aromatic heterocycles. The molecule has 0 unspecified atom stereocenters. The first-order chi connectivity index (χ1) is 18.2. The Kier molecular flexibility index (Phi) is 8.66. The minimum atomic E-state index is -0.276. The minimum Gasteiger partial charge on any atom is -0.355 e. The van der Waals surface area contributed by atoms with Gasteiger partial charge in [-0.15, -0.1) is 0 Å². The van der Waals surface area contributed by atoms with Crippen LogP contribution in [0.15, 0.2) is 30.3 Å². The van der Waals surface area contributed by atoms with Crippen molar-refractivity contribution in [3.05, 3.63) is 58.5 Å². The lowest BCUT2D eigenvalue weighted by molar-refractivity contribution is -0.145. The number of nitrogens with one attached hydrogen (secondary N) is 1. The average Bonchev–Trinajstić information content (AvgIpc) is 3.45. The third-order valence-electron chi connectivity index (χ3n) is 7.38. The highest BCUT2D eigenvalue weighted by atomic mass is 19.1. The third-order valence-corrected chi connectivity index (χ3v) is 7.38. The maximum absolute atomic E-state index is 13.7. The lowest BCUT2D eigenvalue weighted by Gasteiger charge is -2.32. The second kappa shape index (κ2) is 11.9. The summed E-state index contributed by atoms with van der Waals surface area (Å²) in [5.74, 6) is -0.537. The number of nitrogens with zero attached hydrogens (tertiary/aromatic N) is 5. The van der Waals surface area contributed by atoms with Crippen molar-refractivity contribution in [2.75, 3.05) is 31.6 Å². The van der Waals surface area contributed by atoms with Crippen LogP contribution in [0.2, 0.25) is 0 Å². The summed E-state index contributed by atoms with van der Waals surface area (Å²) in [6.45, 7) is 10.7. The minimum absolute atomic E-state index is 0.0277. The van der Waals surface area contributed by atoms with E-state index in [1.807, 2.05) is 27.6 Å². The lowest BCUT2D eigenvalue weighted by atomic mass is 10.1. The molecule has 3 aromatic rings. The fraction of sp³-hybridized carbons (Fsp3) is 0.483. The van der Waals surface area contributed by atoms with E-state index in [-0.39, 0.29) is 30.7 Å². The zero-order chi connectivity index (χ0) is 27.4. The lowest BCUT2D eigenvalue weighted by Crippen LogP contribution is -2.48. The van der Waals surface area contributed by atoms with Crippen molar-refractivity contribution in [2.24, 2.45) is 0 Å². The second-order valence-corrected chi connectivity index (χ2v) is 10.1. The predicted molar refractivity (Wildman–Crippen MR) is 148 cm³/mol. The number of amides is 2. The van der Waals surface area contributed by atoms with E-state index in [1.54, 1.807) is 18.1 Å². The molecule has 0 fully saturated rings. The summed E-state index contributed by atoms with van der Waals surface area (Å²) in [6, 6.07) is 8.82. The third kappa shape index (κ3) is 5.99. The highest BCUT2D eigenvalue weighted by Crippen LogP contribution is 2.29. The zero-order valence-electron chi connectivity index (χ0n) is 23.2. The van der Waals surface area contributed by atoms with Crippen molar-refractivity contribution in [1.82, 2.24) is 25.1 Å². The van der Waals surface area contributed by atoms with Crippen LogP contribution in [0.4, 0.5) is 10.1 Å². The average molecular weight is 523 g/mol. The van der Waals surface area contributed by atoms with Gasteiger partial charge in [-0.3, -0.25) is 19.3 Å². The Labute approximate surface area is 224 Å². The van der Waals surface area contributed by atoms with Gasteiger partial charge in [0.1, 0.15) is 5.82 Å². The predicted octanol–water partition coefficient (Wildman–Crippen LogP) is 4.31. The summed E-state index contributed by atoms with van der Waals surface area (Å²) >= 11 is 0. The molecule has 0 saturated heterocycles. The van der Waals surface area contributed by atoms with Crippen LogP contribution >= 0.6 is 0 Å². The number of unbranched alkanes of at least 4 members (excludes halogenated alkanes) is 2. The molecule has 0 saturated carbocycles. The number of carbonyl (C=O) groups excluding carboxylic acids is 2. The van der Waals surface area contributed by atoms with Crippen molar-refractivity contribution in [3.8, 4) is 0 Å². The molecule has 0 aliphatic carbocycles. The molecule has 38 heavy (non-hydrogen) atoms. The number of halogens is 1. The summed E-state index contributed by atoms with van der Waals surface area (Å²) in [7, 11) is 1.73. The molecule has 1 N–H and O–H groups in total. The molecule has 2 aromatic carbocycles. The molecule has 0 atom stereocenters. The second-order valence-electron chi connectivity index (χ2n) is 10.1. The van der Waals surface area contributed by atoms with Crippen molar-refractivity contribution < 1.29 is 14.0 Å². The largest absolute Gasteiger partial charge is 0.355 e. The molecule has 0 radical (unpaired) electrons.